The molecule has 9 heteroatoms. The number of hydrazone groups is 1. The van der Waals surface area contributed by atoms with Gasteiger partial charge in [0.05, 0.1) is 12.3 Å². The molecule has 2 amide bonds. The van der Waals surface area contributed by atoms with Crippen molar-refractivity contribution in [2.24, 2.45) is 5.10 Å². The molecular weight excluding hydrogens is 352 g/mol. The number of halogens is 4. The molecule has 3 rings (SSSR count). The Bertz CT molecular complexity index is 816. The Morgan fingerprint density at radius 1 is 1.15 bits per heavy atom. The molecule has 0 spiro atoms. The van der Waals surface area contributed by atoms with E-state index in [9.17, 15) is 22.4 Å². The van der Waals surface area contributed by atoms with Gasteiger partial charge in [-0.05, 0) is 29.3 Å². The molecule has 0 unspecified atom stereocenters. The first-order valence-corrected chi connectivity index (χ1v) is 7.74. The van der Waals surface area contributed by atoms with Crippen LogP contribution in [0.25, 0.3) is 0 Å². The fourth-order valence-electron chi connectivity index (χ4n) is 2.41. The number of nitrogens with zero attached hydrogens (tertiary/aromatic N) is 3. The molecule has 0 bridgehead atoms. The van der Waals surface area contributed by atoms with Gasteiger partial charge < -0.3 is 5.32 Å². The third-order valence-electron chi connectivity index (χ3n) is 3.77. The molecule has 0 radical (unpaired) electrons. The minimum Gasteiger partial charge on any atom is -0.332 e. The maximum absolute atomic E-state index is 12.9. The minimum absolute atomic E-state index is 0.0296. The monoisotopic (exact) mass is 366 g/mol. The second-order valence-electron chi connectivity index (χ2n) is 5.63. The van der Waals surface area contributed by atoms with Crippen LogP contribution in [-0.2, 0) is 12.7 Å². The molecular formula is C17H14F4N4O. The van der Waals surface area contributed by atoms with Crippen molar-refractivity contribution in [3.05, 3.63) is 65.2 Å². The van der Waals surface area contributed by atoms with Crippen molar-refractivity contribution in [3.63, 3.8) is 0 Å². The topological polar surface area (TPSA) is 57.6 Å². The van der Waals surface area contributed by atoms with E-state index < -0.39 is 17.9 Å². The standard InChI is InChI=1S/C17H14F4N4O/c18-13-4-2-12(3-5-13)14-7-8-25(24-14)16(26)23-10-11-1-6-15(22-9-11)17(19,20)21/h1-6,9H,7-8,10H2,(H,23,26). The van der Waals surface area contributed by atoms with Crippen LogP contribution in [0.1, 0.15) is 23.2 Å². The fourth-order valence-corrected chi connectivity index (χ4v) is 2.41. The van der Waals surface area contributed by atoms with Crippen molar-refractivity contribution in [1.29, 1.82) is 0 Å². The van der Waals surface area contributed by atoms with Gasteiger partial charge in [-0.1, -0.05) is 18.2 Å². The maximum Gasteiger partial charge on any atom is 0.433 e. The summed E-state index contributed by atoms with van der Waals surface area (Å²) in [6, 6.07) is 7.46. The smallest absolute Gasteiger partial charge is 0.332 e. The second kappa shape index (κ2) is 7.11. The number of hydrogen-bond acceptors (Lipinski definition) is 3. The van der Waals surface area contributed by atoms with E-state index >= 15 is 0 Å². The molecule has 26 heavy (non-hydrogen) atoms. The highest BCUT2D eigenvalue weighted by Gasteiger charge is 2.32. The van der Waals surface area contributed by atoms with E-state index in [0.717, 1.165) is 17.8 Å². The van der Waals surface area contributed by atoms with Gasteiger partial charge in [-0.25, -0.2) is 14.2 Å². The average Bonchev–Trinajstić information content (AvgIpc) is 3.10. The van der Waals surface area contributed by atoms with Gasteiger partial charge in [0.15, 0.2) is 0 Å². The predicted octanol–water partition coefficient (Wildman–Crippen LogP) is 3.56. The van der Waals surface area contributed by atoms with Gasteiger partial charge in [-0.3, -0.25) is 4.98 Å². The van der Waals surface area contributed by atoms with Crippen LogP contribution < -0.4 is 5.32 Å². The Morgan fingerprint density at radius 3 is 2.50 bits per heavy atom. The van der Waals surface area contributed by atoms with Gasteiger partial charge in [-0.2, -0.15) is 18.3 Å². The van der Waals surface area contributed by atoms with Crippen LogP contribution in [-0.4, -0.2) is 28.3 Å². The van der Waals surface area contributed by atoms with Crippen LogP contribution in [0.4, 0.5) is 22.4 Å². The molecule has 0 saturated heterocycles. The van der Waals surface area contributed by atoms with E-state index in [1.807, 2.05) is 0 Å². The molecule has 1 aliphatic heterocycles. The van der Waals surface area contributed by atoms with E-state index in [4.69, 9.17) is 0 Å². The number of benzene rings is 1. The number of amides is 2. The first kappa shape index (κ1) is 17.8. The van der Waals surface area contributed by atoms with E-state index in [1.54, 1.807) is 12.1 Å². The van der Waals surface area contributed by atoms with Gasteiger partial charge in [-0.15, -0.1) is 0 Å². The maximum atomic E-state index is 12.9. The Hall–Kier alpha value is -2.97. The van der Waals surface area contributed by atoms with Crippen LogP contribution >= 0.6 is 0 Å². The van der Waals surface area contributed by atoms with Crippen molar-refractivity contribution in [2.75, 3.05) is 6.54 Å². The molecule has 136 valence electrons. The fraction of sp³-hybridized carbons (Fsp3) is 0.235. The highest BCUT2D eigenvalue weighted by molar-refractivity contribution is 6.02. The summed E-state index contributed by atoms with van der Waals surface area (Å²) in [7, 11) is 0. The molecule has 0 fully saturated rings. The summed E-state index contributed by atoms with van der Waals surface area (Å²) >= 11 is 0. The lowest BCUT2D eigenvalue weighted by molar-refractivity contribution is -0.141. The number of aromatic nitrogens is 1. The van der Waals surface area contributed by atoms with E-state index in [-0.39, 0.29) is 12.4 Å². The summed E-state index contributed by atoms with van der Waals surface area (Å²) in [6.45, 7) is 0.395. The van der Waals surface area contributed by atoms with Crippen LogP contribution in [0.3, 0.4) is 0 Å². The first-order valence-electron chi connectivity index (χ1n) is 7.74. The molecule has 2 heterocycles. The molecule has 2 aromatic rings. The molecule has 0 atom stereocenters. The zero-order valence-electron chi connectivity index (χ0n) is 13.4. The van der Waals surface area contributed by atoms with Gasteiger partial charge in [0.2, 0.25) is 0 Å². The van der Waals surface area contributed by atoms with Gasteiger partial charge in [0.1, 0.15) is 11.5 Å². The predicted molar refractivity (Wildman–Crippen MR) is 85.7 cm³/mol. The zero-order valence-corrected chi connectivity index (χ0v) is 13.4. The second-order valence-corrected chi connectivity index (χ2v) is 5.63. The number of alkyl halides is 3. The first-order chi connectivity index (χ1) is 12.3. The largest absolute Gasteiger partial charge is 0.433 e. The summed E-state index contributed by atoms with van der Waals surface area (Å²) < 4.78 is 50.3. The number of carbonyl (C=O) groups excluding carboxylic acids is 1. The van der Waals surface area contributed by atoms with Crippen molar-refractivity contribution >= 4 is 11.7 Å². The molecule has 1 aliphatic rings. The molecule has 0 saturated carbocycles. The Labute approximate surface area is 146 Å². The van der Waals surface area contributed by atoms with Crippen molar-refractivity contribution in [2.45, 2.75) is 19.1 Å². The number of rotatable bonds is 3. The Kier molecular flexibility index (Phi) is 4.88. The average molecular weight is 366 g/mol. The van der Waals surface area contributed by atoms with Crippen LogP contribution in [0.15, 0.2) is 47.7 Å². The van der Waals surface area contributed by atoms with Gasteiger partial charge in [0.25, 0.3) is 0 Å². The van der Waals surface area contributed by atoms with Crippen molar-refractivity contribution in [1.82, 2.24) is 15.3 Å². The lowest BCUT2D eigenvalue weighted by Crippen LogP contribution is -2.34. The molecule has 1 aromatic carbocycles. The van der Waals surface area contributed by atoms with E-state index in [0.29, 0.717) is 24.2 Å². The van der Waals surface area contributed by atoms with Gasteiger partial charge >= 0.3 is 12.2 Å². The summed E-state index contributed by atoms with van der Waals surface area (Å²) in [6.07, 6.45) is -2.90. The quantitative estimate of drug-likeness (QED) is 0.845. The highest BCUT2D eigenvalue weighted by atomic mass is 19.4. The summed E-state index contributed by atoms with van der Waals surface area (Å²) in [4.78, 5) is 15.5. The third kappa shape index (κ3) is 4.16. The SMILES string of the molecule is O=C(NCc1ccc(C(F)(F)F)nc1)N1CCC(c2ccc(F)cc2)=N1. The lowest BCUT2D eigenvalue weighted by Gasteiger charge is -2.13. The molecule has 5 nitrogen and oxygen atoms in total. The number of nitrogens with one attached hydrogen (secondary N) is 1. The number of carbonyl (C=O) groups is 1. The number of hydrogen-bond donors (Lipinski definition) is 1. The third-order valence-corrected chi connectivity index (χ3v) is 3.77. The number of pyridine rings is 1. The van der Waals surface area contributed by atoms with E-state index in [2.05, 4.69) is 15.4 Å². The van der Waals surface area contributed by atoms with Crippen LogP contribution in [0.5, 0.6) is 0 Å². The summed E-state index contributed by atoms with van der Waals surface area (Å²) in [5, 5.41) is 8.01. The number of urea groups is 1. The van der Waals surface area contributed by atoms with Crippen LogP contribution in [0.2, 0.25) is 0 Å². The summed E-state index contributed by atoms with van der Waals surface area (Å²) in [5.41, 5.74) is 0.846. The van der Waals surface area contributed by atoms with Crippen molar-refractivity contribution < 1.29 is 22.4 Å². The Morgan fingerprint density at radius 2 is 1.88 bits per heavy atom. The normalized spacial score (nSPS) is 14.3. The lowest BCUT2D eigenvalue weighted by atomic mass is 10.1. The van der Waals surface area contributed by atoms with Crippen LogP contribution in [0, 0.1) is 5.82 Å². The van der Waals surface area contributed by atoms with E-state index in [1.165, 1.54) is 23.2 Å². The van der Waals surface area contributed by atoms with Gasteiger partial charge in [0, 0.05) is 19.2 Å². The summed E-state index contributed by atoms with van der Waals surface area (Å²) in [5.74, 6) is -0.355. The zero-order chi connectivity index (χ0) is 18.7. The van der Waals surface area contributed by atoms with Crippen molar-refractivity contribution in [3.8, 4) is 0 Å². The Balaban J connectivity index is 1.58. The minimum atomic E-state index is -4.50. The highest BCUT2D eigenvalue weighted by Crippen LogP contribution is 2.27. The molecule has 1 aromatic heterocycles. The molecule has 0 aliphatic carbocycles. The molecule has 1 N–H and O–H groups in total.